The van der Waals surface area contributed by atoms with Gasteiger partial charge in [-0.2, -0.15) is 0 Å². The summed E-state index contributed by atoms with van der Waals surface area (Å²) in [6, 6.07) is 0. The second-order valence-electron chi connectivity index (χ2n) is 2.56. The number of hydrogen-bond donors (Lipinski definition) is 1. The van der Waals surface area contributed by atoms with E-state index in [4.69, 9.17) is 16.0 Å². The molecule has 0 fully saturated rings. The van der Waals surface area contributed by atoms with Gasteiger partial charge in [0.2, 0.25) is 0 Å². The van der Waals surface area contributed by atoms with Crippen molar-refractivity contribution in [1.29, 1.82) is 0 Å². The average Bonchev–Trinajstić information content (AvgIpc) is 2.67. The first-order valence-corrected chi connectivity index (χ1v) is 4.31. The summed E-state index contributed by atoms with van der Waals surface area (Å²) in [4.78, 5) is 11.8. The van der Waals surface area contributed by atoms with Crippen molar-refractivity contribution in [2.75, 3.05) is 5.32 Å². The average molecular weight is 211 g/mol. The van der Waals surface area contributed by atoms with Gasteiger partial charge in [-0.05, 0) is 0 Å². The SMILES string of the molecule is Clc1cncc(NCc2cocn2)n1. The first kappa shape index (κ1) is 8.96. The number of halogens is 1. The van der Waals surface area contributed by atoms with Crippen LogP contribution in [0.2, 0.25) is 5.15 Å². The molecule has 0 radical (unpaired) electrons. The Bertz CT molecular complexity index is 403. The van der Waals surface area contributed by atoms with E-state index in [2.05, 4.69) is 20.3 Å². The highest BCUT2D eigenvalue weighted by atomic mass is 35.5. The zero-order valence-electron chi connectivity index (χ0n) is 7.14. The molecule has 14 heavy (non-hydrogen) atoms. The predicted molar refractivity (Wildman–Crippen MR) is 50.9 cm³/mol. The standard InChI is InChI=1S/C8H7ClN4O/c9-7-2-10-3-8(13-7)11-1-6-4-14-5-12-6/h2-5H,1H2,(H,11,13). The van der Waals surface area contributed by atoms with Gasteiger partial charge in [0, 0.05) is 0 Å². The van der Waals surface area contributed by atoms with Crippen LogP contribution in [0.25, 0.3) is 0 Å². The summed E-state index contributed by atoms with van der Waals surface area (Å²) in [5, 5.41) is 3.36. The number of hydrogen-bond acceptors (Lipinski definition) is 5. The molecule has 0 saturated heterocycles. The third-order valence-corrected chi connectivity index (χ3v) is 1.72. The number of oxazole rings is 1. The lowest BCUT2D eigenvalue weighted by Crippen LogP contribution is -2.01. The molecule has 2 aromatic rings. The monoisotopic (exact) mass is 210 g/mol. The zero-order chi connectivity index (χ0) is 9.80. The fourth-order valence-electron chi connectivity index (χ4n) is 0.933. The van der Waals surface area contributed by atoms with Crippen molar-refractivity contribution < 1.29 is 4.42 Å². The minimum absolute atomic E-state index is 0.357. The molecule has 0 unspecified atom stereocenters. The molecule has 0 amide bonds. The smallest absolute Gasteiger partial charge is 0.180 e. The Morgan fingerprint density at radius 1 is 1.43 bits per heavy atom. The van der Waals surface area contributed by atoms with Gasteiger partial charge in [0.15, 0.2) is 6.39 Å². The lowest BCUT2D eigenvalue weighted by Gasteiger charge is -2.01. The van der Waals surface area contributed by atoms with Gasteiger partial charge in [0.1, 0.15) is 17.2 Å². The molecular formula is C8H7ClN4O. The summed E-state index contributed by atoms with van der Waals surface area (Å²) in [5.41, 5.74) is 0.798. The van der Waals surface area contributed by atoms with E-state index < -0.39 is 0 Å². The maximum Gasteiger partial charge on any atom is 0.180 e. The Balaban J connectivity index is 1.98. The topological polar surface area (TPSA) is 63.8 Å². The van der Waals surface area contributed by atoms with Gasteiger partial charge in [-0.15, -0.1) is 0 Å². The van der Waals surface area contributed by atoms with Crippen LogP contribution in [0, 0.1) is 0 Å². The second-order valence-corrected chi connectivity index (χ2v) is 2.95. The lowest BCUT2D eigenvalue weighted by molar-refractivity contribution is 0.556. The first-order chi connectivity index (χ1) is 6.84. The predicted octanol–water partition coefficient (Wildman–Crippen LogP) is 1.73. The van der Waals surface area contributed by atoms with Crippen molar-refractivity contribution in [2.24, 2.45) is 0 Å². The van der Waals surface area contributed by atoms with Crippen LogP contribution in [0.15, 0.2) is 29.5 Å². The molecule has 0 aliphatic heterocycles. The van der Waals surface area contributed by atoms with Crippen LogP contribution >= 0.6 is 11.6 Å². The molecule has 1 N–H and O–H groups in total. The lowest BCUT2D eigenvalue weighted by atomic mass is 10.5. The molecule has 0 aliphatic carbocycles. The van der Waals surface area contributed by atoms with Crippen LogP contribution in [0.5, 0.6) is 0 Å². The maximum absolute atomic E-state index is 5.66. The minimum Gasteiger partial charge on any atom is -0.451 e. The van der Waals surface area contributed by atoms with E-state index in [0.717, 1.165) is 5.69 Å². The molecule has 6 heteroatoms. The number of nitrogens with one attached hydrogen (secondary N) is 1. The van der Waals surface area contributed by atoms with Crippen molar-refractivity contribution in [2.45, 2.75) is 6.54 Å². The van der Waals surface area contributed by atoms with Crippen molar-refractivity contribution in [1.82, 2.24) is 15.0 Å². The Labute approximate surface area is 85.2 Å². The third-order valence-electron chi connectivity index (χ3n) is 1.54. The zero-order valence-corrected chi connectivity index (χ0v) is 7.90. The summed E-state index contributed by atoms with van der Waals surface area (Å²) in [6.07, 6.45) is 6.00. The van der Waals surface area contributed by atoms with Crippen LogP contribution < -0.4 is 5.32 Å². The van der Waals surface area contributed by atoms with Gasteiger partial charge in [0.25, 0.3) is 0 Å². The van der Waals surface area contributed by atoms with Gasteiger partial charge >= 0.3 is 0 Å². The Morgan fingerprint density at radius 2 is 2.36 bits per heavy atom. The van der Waals surface area contributed by atoms with Crippen molar-refractivity contribution in [3.05, 3.63) is 35.9 Å². The molecule has 0 aromatic carbocycles. The summed E-state index contributed by atoms with van der Waals surface area (Å²) >= 11 is 5.66. The number of aromatic nitrogens is 3. The number of nitrogens with zero attached hydrogens (tertiary/aromatic N) is 3. The van der Waals surface area contributed by atoms with Gasteiger partial charge in [0.05, 0.1) is 24.6 Å². The van der Waals surface area contributed by atoms with Gasteiger partial charge in [-0.25, -0.2) is 9.97 Å². The van der Waals surface area contributed by atoms with Crippen molar-refractivity contribution in [3.63, 3.8) is 0 Å². The van der Waals surface area contributed by atoms with Crippen LogP contribution in [-0.4, -0.2) is 15.0 Å². The molecule has 2 rings (SSSR count). The Morgan fingerprint density at radius 3 is 3.07 bits per heavy atom. The Hall–Kier alpha value is -1.62. The van der Waals surface area contributed by atoms with Crippen LogP contribution in [-0.2, 0) is 6.54 Å². The molecule has 0 saturated carbocycles. The summed E-state index contributed by atoms with van der Waals surface area (Å²) < 4.78 is 4.81. The van der Waals surface area contributed by atoms with Gasteiger partial charge in [-0.1, -0.05) is 11.6 Å². The van der Waals surface area contributed by atoms with Crippen molar-refractivity contribution in [3.8, 4) is 0 Å². The molecule has 0 bridgehead atoms. The summed E-state index contributed by atoms with van der Waals surface area (Å²) in [5.74, 6) is 0.612. The minimum atomic E-state index is 0.357. The fraction of sp³-hybridized carbons (Fsp3) is 0.125. The van der Waals surface area contributed by atoms with E-state index in [9.17, 15) is 0 Å². The van der Waals surface area contributed by atoms with E-state index in [-0.39, 0.29) is 0 Å². The Kier molecular flexibility index (Phi) is 2.60. The van der Waals surface area contributed by atoms with E-state index >= 15 is 0 Å². The molecule has 72 valence electrons. The summed E-state index contributed by atoms with van der Waals surface area (Å²) in [6.45, 7) is 0.533. The normalized spacial score (nSPS) is 10.1. The van der Waals surface area contributed by atoms with Crippen LogP contribution in [0.4, 0.5) is 5.82 Å². The van der Waals surface area contributed by atoms with E-state index in [0.29, 0.717) is 17.5 Å². The highest BCUT2D eigenvalue weighted by Crippen LogP contribution is 2.07. The third kappa shape index (κ3) is 2.20. The molecule has 0 atom stereocenters. The summed E-state index contributed by atoms with van der Waals surface area (Å²) in [7, 11) is 0. The largest absolute Gasteiger partial charge is 0.451 e. The maximum atomic E-state index is 5.66. The van der Waals surface area contributed by atoms with Crippen LogP contribution in [0.1, 0.15) is 5.69 Å². The van der Waals surface area contributed by atoms with Gasteiger partial charge < -0.3 is 9.73 Å². The molecule has 0 spiro atoms. The number of anilines is 1. The molecular weight excluding hydrogens is 204 g/mol. The molecule has 0 aliphatic rings. The van der Waals surface area contributed by atoms with Crippen LogP contribution in [0.3, 0.4) is 0 Å². The molecule has 2 aromatic heterocycles. The highest BCUT2D eigenvalue weighted by Gasteiger charge is 1.98. The van der Waals surface area contributed by atoms with Crippen molar-refractivity contribution >= 4 is 17.4 Å². The number of rotatable bonds is 3. The molecule has 5 nitrogen and oxygen atoms in total. The van der Waals surface area contributed by atoms with E-state index in [1.165, 1.54) is 12.6 Å². The first-order valence-electron chi connectivity index (χ1n) is 3.93. The quantitative estimate of drug-likeness (QED) is 0.836. The molecule has 2 heterocycles. The highest BCUT2D eigenvalue weighted by molar-refractivity contribution is 6.29. The fourth-order valence-corrected chi connectivity index (χ4v) is 1.08. The van der Waals surface area contributed by atoms with E-state index in [1.54, 1.807) is 12.5 Å². The van der Waals surface area contributed by atoms with Gasteiger partial charge in [-0.3, -0.25) is 4.98 Å². The van der Waals surface area contributed by atoms with E-state index in [1.807, 2.05) is 0 Å². The second kappa shape index (κ2) is 4.06.